The van der Waals surface area contributed by atoms with E-state index in [0.29, 0.717) is 23.6 Å². The third-order valence-corrected chi connectivity index (χ3v) is 6.81. The lowest BCUT2D eigenvalue weighted by atomic mass is 9.83. The SMILES string of the molecule is COc1ccc(CC2C(c3ccc(C#N)c(F)c3)=NC(C(=O)N3CCCC3)=C2C2CC2)cc1. The van der Waals surface area contributed by atoms with E-state index < -0.39 is 5.82 Å². The Kier molecular flexibility index (Phi) is 5.72. The number of halogens is 1. The Bertz CT molecular complexity index is 1180. The zero-order valence-electron chi connectivity index (χ0n) is 18.7. The van der Waals surface area contributed by atoms with Gasteiger partial charge in [-0.3, -0.25) is 4.79 Å². The van der Waals surface area contributed by atoms with Gasteiger partial charge in [-0.1, -0.05) is 18.2 Å². The van der Waals surface area contributed by atoms with Crippen LogP contribution in [0.3, 0.4) is 0 Å². The van der Waals surface area contributed by atoms with Gasteiger partial charge in [0.2, 0.25) is 0 Å². The highest BCUT2D eigenvalue weighted by Gasteiger charge is 2.42. The summed E-state index contributed by atoms with van der Waals surface area (Å²) in [6.45, 7) is 1.53. The third kappa shape index (κ3) is 4.16. The molecular weight excluding hydrogens is 417 g/mol. The number of aliphatic imine (C=N–C) groups is 1. The standard InChI is InChI=1S/C27H26FN3O2/c1-33-21-10-4-17(5-11-21)14-22-24(18-6-7-18)26(27(32)31-12-2-3-13-31)30-25(22)19-8-9-20(16-29)23(28)15-19/h4-5,8-11,15,18,22H,2-3,6-7,12-14H2,1H3. The maximum atomic E-state index is 14.5. The van der Waals surface area contributed by atoms with Gasteiger partial charge in [0, 0.05) is 19.0 Å². The van der Waals surface area contributed by atoms with Crippen LogP contribution in [0, 0.1) is 29.0 Å². The minimum atomic E-state index is -0.562. The van der Waals surface area contributed by atoms with Crippen LogP contribution in [0.2, 0.25) is 0 Å². The van der Waals surface area contributed by atoms with Gasteiger partial charge in [0.1, 0.15) is 23.3 Å². The second-order valence-electron chi connectivity index (χ2n) is 8.99. The minimum absolute atomic E-state index is 0.00162. The minimum Gasteiger partial charge on any atom is -0.497 e. The van der Waals surface area contributed by atoms with Crippen LogP contribution in [0.1, 0.15) is 42.4 Å². The van der Waals surface area contributed by atoms with Gasteiger partial charge in [0.25, 0.3) is 5.91 Å². The number of hydrogen-bond acceptors (Lipinski definition) is 4. The Hall–Kier alpha value is -3.46. The molecule has 0 aromatic heterocycles. The number of nitrogens with zero attached hydrogens (tertiary/aromatic N) is 3. The molecule has 33 heavy (non-hydrogen) atoms. The molecule has 2 aliphatic heterocycles. The Balaban J connectivity index is 1.57. The first-order valence-electron chi connectivity index (χ1n) is 11.5. The highest BCUT2D eigenvalue weighted by atomic mass is 19.1. The summed E-state index contributed by atoms with van der Waals surface area (Å²) in [6, 6.07) is 14.4. The van der Waals surface area contributed by atoms with Gasteiger partial charge < -0.3 is 9.64 Å². The molecule has 6 heteroatoms. The number of benzene rings is 2. The van der Waals surface area contributed by atoms with Crippen molar-refractivity contribution < 1.29 is 13.9 Å². The fraction of sp³-hybridized carbons (Fsp3) is 0.370. The molecule has 1 unspecified atom stereocenters. The van der Waals surface area contributed by atoms with Gasteiger partial charge in [-0.05, 0) is 79.0 Å². The first-order chi connectivity index (χ1) is 16.1. The molecule has 1 saturated heterocycles. The highest BCUT2D eigenvalue weighted by Crippen LogP contribution is 2.47. The van der Waals surface area contributed by atoms with E-state index in [9.17, 15) is 9.18 Å². The lowest BCUT2D eigenvalue weighted by Crippen LogP contribution is -2.29. The van der Waals surface area contributed by atoms with Crippen molar-refractivity contribution in [2.45, 2.75) is 32.1 Å². The summed E-state index contributed by atoms with van der Waals surface area (Å²) < 4.78 is 19.8. The second-order valence-corrected chi connectivity index (χ2v) is 8.99. The van der Waals surface area contributed by atoms with E-state index in [-0.39, 0.29) is 17.4 Å². The zero-order valence-corrected chi connectivity index (χ0v) is 18.7. The predicted octanol–water partition coefficient (Wildman–Crippen LogP) is 4.65. The van der Waals surface area contributed by atoms with E-state index in [1.807, 2.05) is 35.2 Å². The molecule has 2 aromatic carbocycles. The number of amides is 1. The predicted molar refractivity (Wildman–Crippen MR) is 123 cm³/mol. The van der Waals surface area contributed by atoms with Crippen molar-refractivity contribution in [1.82, 2.24) is 4.90 Å². The lowest BCUT2D eigenvalue weighted by Gasteiger charge is -2.20. The van der Waals surface area contributed by atoms with Crippen molar-refractivity contribution in [3.8, 4) is 11.8 Å². The van der Waals surface area contributed by atoms with Crippen LogP contribution >= 0.6 is 0 Å². The van der Waals surface area contributed by atoms with Crippen molar-refractivity contribution in [1.29, 1.82) is 5.26 Å². The van der Waals surface area contributed by atoms with Crippen LogP contribution in [0.5, 0.6) is 5.75 Å². The molecule has 2 fully saturated rings. The monoisotopic (exact) mass is 443 g/mol. The molecule has 1 atom stereocenters. The number of hydrogen-bond donors (Lipinski definition) is 0. The van der Waals surface area contributed by atoms with Gasteiger partial charge in [-0.25, -0.2) is 9.38 Å². The highest BCUT2D eigenvalue weighted by molar-refractivity contribution is 6.11. The van der Waals surface area contributed by atoms with Crippen molar-refractivity contribution in [2.75, 3.05) is 20.2 Å². The molecule has 0 N–H and O–H groups in total. The second kappa shape index (κ2) is 8.82. The van der Waals surface area contributed by atoms with Crippen molar-refractivity contribution >= 4 is 11.6 Å². The fourth-order valence-electron chi connectivity index (χ4n) is 4.92. The summed E-state index contributed by atoms with van der Waals surface area (Å²) in [6.07, 6.45) is 4.81. The number of methoxy groups -OCH3 is 1. The Labute approximate surface area is 193 Å². The van der Waals surface area contributed by atoms with Crippen molar-refractivity contribution in [3.05, 3.63) is 76.2 Å². The molecule has 0 spiro atoms. The van der Waals surface area contributed by atoms with Crippen LogP contribution in [-0.4, -0.2) is 36.7 Å². The molecule has 1 amide bonds. The average Bonchev–Trinajstić information content (AvgIpc) is 3.38. The average molecular weight is 444 g/mol. The Morgan fingerprint density at radius 3 is 2.52 bits per heavy atom. The number of allylic oxidation sites excluding steroid dienone is 1. The van der Waals surface area contributed by atoms with Crippen LogP contribution < -0.4 is 4.74 Å². The number of rotatable bonds is 6. The number of ether oxygens (including phenoxy) is 1. The van der Waals surface area contributed by atoms with Gasteiger partial charge >= 0.3 is 0 Å². The van der Waals surface area contributed by atoms with E-state index in [2.05, 4.69) is 0 Å². The first kappa shape index (κ1) is 21.4. The molecule has 3 aliphatic rings. The van der Waals surface area contributed by atoms with Gasteiger partial charge in [-0.15, -0.1) is 0 Å². The maximum Gasteiger partial charge on any atom is 0.272 e. The summed E-state index contributed by atoms with van der Waals surface area (Å²) in [5.74, 6) is 0.474. The quantitative estimate of drug-likeness (QED) is 0.653. The molecular formula is C27H26FN3O2. The van der Waals surface area contributed by atoms with E-state index in [4.69, 9.17) is 15.0 Å². The summed E-state index contributed by atoms with van der Waals surface area (Å²) in [7, 11) is 1.64. The summed E-state index contributed by atoms with van der Waals surface area (Å²) in [5, 5.41) is 9.13. The molecule has 2 heterocycles. The number of nitriles is 1. The fourth-order valence-corrected chi connectivity index (χ4v) is 4.92. The lowest BCUT2D eigenvalue weighted by molar-refractivity contribution is -0.126. The van der Waals surface area contributed by atoms with Gasteiger partial charge in [-0.2, -0.15) is 5.26 Å². The van der Waals surface area contributed by atoms with Crippen molar-refractivity contribution in [2.24, 2.45) is 16.8 Å². The molecule has 1 saturated carbocycles. The summed E-state index contributed by atoms with van der Waals surface area (Å²) in [4.78, 5) is 20.2. The zero-order chi connectivity index (χ0) is 22.9. The molecule has 5 nitrogen and oxygen atoms in total. The maximum absolute atomic E-state index is 14.5. The van der Waals surface area contributed by atoms with E-state index in [1.54, 1.807) is 13.2 Å². The molecule has 2 aromatic rings. The van der Waals surface area contributed by atoms with E-state index in [1.165, 1.54) is 12.1 Å². The van der Waals surface area contributed by atoms with Crippen LogP contribution in [-0.2, 0) is 11.2 Å². The molecule has 168 valence electrons. The first-order valence-corrected chi connectivity index (χ1v) is 11.5. The summed E-state index contributed by atoms with van der Waals surface area (Å²) >= 11 is 0. The number of carbonyl (C=O) groups is 1. The third-order valence-electron chi connectivity index (χ3n) is 6.81. The van der Waals surface area contributed by atoms with E-state index >= 15 is 0 Å². The number of likely N-dealkylation sites (tertiary alicyclic amines) is 1. The van der Waals surface area contributed by atoms with Gasteiger partial charge in [0.05, 0.1) is 18.4 Å². The normalized spacial score (nSPS) is 20.1. The Morgan fingerprint density at radius 1 is 1.18 bits per heavy atom. The van der Waals surface area contributed by atoms with Crippen molar-refractivity contribution in [3.63, 3.8) is 0 Å². The molecule has 1 aliphatic carbocycles. The molecule has 0 radical (unpaired) electrons. The topological polar surface area (TPSA) is 65.7 Å². The van der Waals surface area contributed by atoms with Crippen LogP contribution in [0.25, 0.3) is 0 Å². The van der Waals surface area contributed by atoms with Crippen LogP contribution in [0.15, 0.2) is 58.7 Å². The molecule has 5 rings (SSSR count). The van der Waals surface area contributed by atoms with E-state index in [0.717, 1.165) is 61.4 Å². The molecule has 0 bridgehead atoms. The van der Waals surface area contributed by atoms with Crippen LogP contribution in [0.4, 0.5) is 4.39 Å². The number of carbonyl (C=O) groups excluding carboxylic acids is 1. The smallest absolute Gasteiger partial charge is 0.272 e. The summed E-state index contributed by atoms with van der Waals surface area (Å²) in [5.41, 5.74) is 4.12. The Morgan fingerprint density at radius 2 is 1.91 bits per heavy atom. The van der Waals surface area contributed by atoms with Gasteiger partial charge in [0.15, 0.2) is 0 Å². The largest absolute Gasteiger partial charge is 0.497 e.